The van der Waals surface area contributed by atoms with Crippen LogP contribution in [0.1, 0.15) is 29.0 Å². The molecule has 3 rings (SSSR count). The third-order valence-corrected chi connectivity index (χ3v) is 3.34. The number of amides is 1. The Labute approximate surface area is 115 Å². The largest absolute Gasteiger partial charge is 0.329 e. The highest BCUT2D eigenvalue weighted by atomic mass is 35.5. The van der Waals surface area contributed by atoms with Gasteiger partial charge < -0.3 is 4.90 Å². The van der Waals surface area contributed by atoms with Crippen LogP contribution >= 0.6 is 11.6 Å². The quantitative estimate of drug-likeness (QED) is 0.932. The Hall–Kier alpha value is -1.88. The molecule has 0 aliphatic heterocycles. The Morgan fingerprint density at radius 1 is 1.47 bits per heavy atom. The summed E-state index contributed by atoms with van der Waals surface area (Å²) < 4.78 is 0. The maximum atomic E-state index is 12.3. The summed E-state index contributed by atoms with van der Waals surface area (Å²) in [6.07, 6.45) is 3.43. The summed E-state index contributed by atoms with van der Waals surface area (Å²) >= 11 is 5.97. The number of nitrogens with zero attached hydrogens (tertiary/aromatic N) is 3. The Morgan fingerprint density at radius 2 is 2.32 bits per heavy atom. The third-order valence-electron chi connectivity index (χ3n) is 3.11. The van der Waals surface area contributed by atoms with Crippen LogP contribution in [0.3, 0.4) is 0 Å². The van der Waals surface area contributed by atoms with E-state index in [0.29, 0.717) is 17.6 Å². The molecule has 98 valence electrons. The van der Waals surface area contributed by atoms with E-state index in [1.165, 1.54) is 6.33 Å². The van der Waals surface area contributed by atoms with Crippen molar-refractivity contribution >= 4 is 17.5 Å². The van der Waals surface area contributed by atoms with Gasteiger partial charge in [0.2, 0.25) is 5.82 Å². The van der Waals surface area contributed by atoms with Gasteiger partial charge in [-0.25, -0.2) is 4.98 Å². The molecule has 0 atom stereocenters. The molecule has 19 heavy (non-hydrogen) atoms. The highest BCUT2D eigenvalue weighted by Gasteiger charge is 2.34. The van der Waals surface area contributed by atoms with E-state index in [-0.39, 0.29) is 11.7 Å². The summed E-state index contributed by atoms with van der Waals surface area (Å²) in [6.45, 7) is 0.546. The summed E-state index contributed by atoms with van der Waals surface area (Å²) in [7, 11) is 0. The van der Waals surface area contributed by atoms with Gasteiger partial charge >= 0.3 is 0 Å². The second-order valence-electron chi connectivity index (χ2n) is 4.63. The lowest BCUT2D eigenvalue weighted by Gasteiger charge is -2.21. The van der Waals surface area contributed by atoms with Gasteiger partial charge in [-0.15, -0.1) is 0 Å². The Kier molecular flexibility index (Phi) is 3.21. The number of hydrogen-bond acceptors (Lipinski definition) is 3. The minimum Gasteiger partial charge on any atom is -0.329 e. The molecule has 1 aromatic carbocycles. The predicted octanol–water partition coefficient (Wildman–Crippen LogP) is 2.26. The Bertz CT molecular complexity index is 580. The highest BCUT2D eigenvalue weighted by Crippen LogP contribution is 2.29. The van der Waals surface area contributed by atoms with E-state index in [9.17, 15) is 4.79 Å². The van der Waals surface area contributed by atoms with E-state index in [0.717, 1.165) is 18.4 Å². The number of H-pyrrole nitrogens is 1. The van der Waals surface area contributed by atoms with Crippen molar-refractivity contribution in [3.63, 3.8) is 0 Å². The monoisotopic (exact) mass is 276 g/mol. The molecule has 1 amide bonds. The SMILES string of the molecule is O=C(c1ncn[nH]1)N(Cc1cccc(Cl)c1)C1CC1. The van der Waals surface area contributed by atoms with Crippen molar-refractivity contribution in [2.24, 2.45) is 0 Å². The van der Waals surface area contributed by atoms with E-state index in [2.05, 4.69) is 15.2 Å². The van der Waals surface area contributed by atoms with Crippen molar-refractivity contribution in [3.8, 4) is 0 Å². The zero-order valence-corrected chi connectivity index (χ0v) is 11.0. The molecule has 0 radical (unpaired) electrons. The molecular formula is C13H13ClN4O. The predicted molar refractivity (Wildman–Crippen MR) is 70.7 cm³/mol. The number of carbonyl (C=O) groups excluding carboxylic acids is 1. The average Bonchev–Trinajstić information content (AvgIpc) is 3.09. The zero-order valence-electron chi connectivity index (χ0n) is 10.2. The molecule has 5 nitrogen and oxygen atoms in total. The molecule has 1 aromatic heterocycles. The molecule has 1 heterocycles. The van der Waals surface area contributed by atoms with Crippen LogP contribution in [0.2, 0.25) is 5.02 Å². The lowest BCUT2D eigenvalue weighted by Crippen LogP contribution is -2.33. The standard InChI is InChI=1S/C13H13ClN4O/c14-10-3-1-2-9(6-10)7-18(11-4-5-11)13(19)12-15-8-16-17-12/h1-3,6,8,11H,4-5,7H2,(H,15,16,17). The number of aromatic nitrogens is 3. The smallest absolute Gasteiger partial charge is 0.291 e. The fraction of sp³-hybridized carbons (Fsp3) is 0.308. The number of aromatic amines is 1. The molecule has 0 bridgehead atoms. The Balaban J connectivity index is 1.80. The van der Waals surface area contributed by atoms with Crippen molar-refractivity contribution < 1.29 is 4.79 Å². The number of benzene rings is 1. The van der Waals surface area contributed by atoms with Gasteiger partial charge in [-0.3, -0.25) is 9.89 Å². The van der Waals surface area contributed by atoms with Crippen LogP contribution in [-0.4, -0.2) is 32.0 Å². The van der Waals surface area contributed by atoms with Gasteiger partial charge in [0.05, 0.1) is 0 Å². The molecule has 0 unspecified atom stereocenters. The van der Waals surface area contributed by atoms with Gasteiger partial charge in [0, 0.05) is 17.6 Å². The van der Waals surface area contributed by atoms with Crippen molar-refractivity contribution in [1.82, 2.24) is 20.1 Å². The van der Waals surface area contributed by atoms with Crippen molar-refractivity contribution in [1.29, 1.82) is 0 Å². The summed E-state index contributed by atoms with van der Waals surface area (Å²) in [5, 5.41) is 7.02. The number of carbonyl (C=O) groups is 1. The molecule has 1 aliphatic rings. The van der Waals surface area contributed by atoms with Crippen LogP contribution in [0, 0.1) is 0 Å². The normalized spacial score (nSPS) is 14.4. The number of hydrogen-bond donors (Lipinski definition) is 1. The minimum atomic E-state index is -0.111. The van der Waals surface area contributed by atoms with Gasteiger partial charge in [-0.05, 0) is 30.5 Å². The molecular weight excluding hydrogens is 264 g/mol. The first kappa shape index (κ1) is 12.2. The molecule has 6 heteroatoms. The van der Waals surface area contributed by atoms with Crippen LogP contribution < -0.4 is 0 Å². The van der Waals surface area contributed by atoms with Crippen LogP contribution in [0.4, 0.5) is 0 Å². The van der Waals surface area contributed by atoms with Gasteiger partial charge in [0.15, 0.2) is 0 Å². The summed E-state index contributed by atoms with van der Waals surface area (Å²) in [5.41, 5.74) is 1.02. The van der Waals surface area contributed by atoms with Gasteiger partial charge in [0.1, 0.15) is 6.33 Å². The van der Waals surface area contributed by atoms with Crippen molar-refractivity contribution in [2.75, 3.05) is 0 Å². The summed E-state index contributed by atoms with van der Waals surface area (Å²) in [4.78, 5) is 18.1. The Morgan fingerprint density at radius 3 is 2.95 bits per heavy atom. The molecule has 2 aromatic rings. The van der Waals surface area contributed by atoms with Crippen LogP contribution in [0.25, 0.3) is 0 Å². The molecule has 1 fully saturated rings. The number of nitrogens with one attached hydrogen (secondary N) is 1. The fourth-order valence-electron chi connectivity index (χ4n) is 2.03. The lowest BCUT2D eigenvalue weighted by atomic mass is 10.2. The van der Waals surface area contributed by atoms with Gasteiger partial charge in [-0.2, -0.15) is 5.10 Å². The van der Waals surface area contributed by atoms with Crippen LogP contribution in [-0.2, 0) is 6.54 Å². The minimum absolute atomic E-state index is 0.111. The molecule has 0 spiro atoms. The zero-order chi connectivity index (χ0) is 13.2. The summed E-state index contributed by atoms with van der Waals surface area (Å²) in [5.74, 6) is 0.175. The average molecular weight is 277 g/mol. The van der Waals surface area contributed by atoms with Crippen LogP contribution in [0.5, 0.6) is 0 Å². The van der Waals surface area contributed by atoms with E-state index in [1.54, 1.807) is 0 Å². The van der Waals surface area contributed by atoms with Gasteiger partial charge in [-0.1, -0.05) is 23.7 Å². The maximum absolute atomic E-state index is 12.3. The number of rotatable bonds is 4. The van der Waals surface area contributed by atoms with E-state index >= 15 is 0 Å². The fourth-order valence-corrected chi connectivity index (χ4v) is 2.24. The van der Waals surface area contributed by atoms with E-state index in [4.69, 9.17) is 11.6 Å². The lowest BCUT2D eigenvalue weighted by molar-refractivity contribution is 0.0718. The van der Waals surface area contributed by atoms with Gasteiger partial charge in [0.25, 0.3) is 5.91 Å². The van der Waals surface area contributed by atoms with Crippen molar-refractivity contribution in [3.05, 3.63) is 47.0 Å². The first-order chi connectivity index (χ1) is 9.24. The second-order valence-corrected chi connectivity index (χ2v) is 5.06. The maximum Gasteiger partial charge on any atom is 0.291 e. The first-order valence-corrected chi connectivity index (χ1v) is 6.52. The molecule has 1 saturated carbocycles. The van der Waals surface area contributed by atoms with Crippen molar-refractivity contribution in [2.45, 2.75) is 25.4 Å². The van der Waals surface area contributed by atoms with Crippen LogP contribution in [0.15, 0.2) is 30.6 Å². The first-order valence-electron chi connectivity index (χ1n) is 6.15. The summed E-state index contributed by atoms with van der Waals surface area (Å²) in [6, 6.07) is 7.86. The highest BCUT2D eigenvalue weighted by molar-refractivity contribution is 6.30. The third kappa shape index (κ3) is 2.76. The van der Waals surface area contributed by atoms with E-state index in [1.807, 2.05) is 29.2 Å². The second kappa shape index (κ2) is 5.01. The molecule has 1 aliphatic carbocycles. The van der Waals surface area contributed by atoms with E-state index < -0.39 is 0 Å². The molecule has 0 saturated heterocycles. The number of halogens is 1. The topological polar surface area (TPSA) is 61.9 Å². The molecule has 1 N–H and O–H groups in total.